The van der Waals surface area contributed by atoms with Gasteiger partial charge in [-0.25, -0.2) is 9.36 Å². The topological polar surface area (TPSA) is 139 Å². The normalized spacial score (nSPS) is 11.5. The molecule has 2 N–H and O–H groups in total. The van der Waals surface area contributed by atoms with E-state index in [-0.39, 0.29) is 19.8 Å². The molecule has 0 aliphatic rings. The standard InChI is InChI=1S/C16H31O11P/c1-15(2)16(17)26-13-11-24-9-7-22-5-3-21-4-6-23-8-10-25-12-14-27-28(18,19)20/h1,3-14H2,2H3,(H2,18,19,20). The highest BCUT2D eigenvalue weighted by molar-refractivity contribution is 7.46. The monoisotopic (exact) mass is 430 g/mol. The summed E-state index contributed by atoms with van der Waals surface area (Å²) in [6.45, 7) is 8.54. The number of hydrogen-bond acceptors (Lipinski definition) is 9. The molecule has 0 rings (SSSR count). The van der Waals surface area contributed by atoms with E-state index < -0.39 is 13.8 Å². The van der Waals surface area contributed by atoms with Crippen LogP contribution in [0, 0.1) is 0 Å². The molecule has 0 amide bonds. The summed E-state index contributed by atoms with van der Waals surface area (Å²) >= 11 is 0. The molecule has 12 heteroatoms. The van der Waals surface area contributed by atoms with Crippen LogP contribution in [-0.4, -0.2) is 95.0 Å². The Morgan fingerprint density at radius 1 is 0.714 bits per heavy atom. The number of carbonyl (C=O) groups excluding carboxylic acids is 1. The minimum atomic E-state index is -4.43. The van der Waals surface area contributed by atoms with Gasteiger partial charge in [-0.15, -0.1) is 0 Å². The van der Waals surface area contributed by atoms with Crippen LogP contribution in [0.2, 0.25) is 0 Å². The predicted molar refractivity (Wildman–Crippen MR) is 97.9 cm³/mol. The number of phosphoric acid groups is 1. The van der Waals surface area contributed by atoms with Crippen molar-refractivity contribution >= 4 is 13.8 Å². The summed E-state index contributed by atoms with van der Waals surface area (Å²) in [5.74, 6) is -0.429. The molecule has 0 heterocycles. The van der Waals surface area contributed by atoms with E-state index in [9.17, 15) is 9.36 Å². The molecule has 0 aromatic heterocycles. The van der Waals surface area contributed by atoms with Crippen molar-refractivity contribution in [3.05, 3.63) is 12.2 Å². The summed E-state index contributed by atoms with van der Waals surface area (Å²) in [5.41, 5.74) is 0.355. The van der Waals surface area contributed by atoms with E-state index in [1.54, 1.807) is 6.92 Å². The Hall–Kier alpha value is -0.880. The SMILES string of the molecule is C=C(C)C(=O)OCCOCCOCCOCCOCCOCCOP(=O)(O)O. The Morgan fingerprint density at radius 2 is 1.04 bits per heavy atom. The molecule has 0 saturated carbocycles. The zero-order valence-electron chi connectivity index (χ0n) is 16.2. The molecule has 0 fully saturated rings. The predicted octanol–water partition coefficient (Wildman–Crippen LogP) is 0.298. The first-order valence-corrected chi connectivity index (χ1v) is 10.3. The first kappa shape index (κ1) is 27.1. The Bertz CT molecular complexity index is 452. The van der Waals surface area contributed by atoms with Gasteiger partial charge in [0.15, 0.2) is 0 Å². The van der Waals surface area contributed by atoms with Crippen molar-refractivity contribution in [2.45, 2.75) is 6.92 Å². The van der Waals surface area contributed by atoms with Crippen LogP contribution in [-0.2, 0) is 42.3 Å². The molecule has 11 nitrogen and oxygen atoms in total. The van der Waals surface area contributed by atoms with Crippen LogP contribution in [0.25, 0.3) is 0 Å². The second-order valence-electron chi connectivity index (χ2n) is 5.30. The number of carbonyl (C=O) groups is 1. The zero-order chi connectivity index (χ0) is 21.1. The summed E-state index contributed by atoms with van der Waals surface area (Å²) < 4.78 is 45.6. The molecule has 0 radical (unpaired) electrons. The second kappa shape index (κ2) is 18.2. The van der Waals surface area contributed by atoms with Crippen LogP contribution in [0.5, 0.6) is 0 Å². The van der Waals surface area contributed by atoms with Crippen molar-refractivity contribution in [3.63, 3.8) is 0 Å². The van der Waals surface area contributed by atoms with Crippen molar-refractivity contribution in [2.75, 3.05) is 79.3 Å². The molecule has 0 spiro atoms. The van der Waals surface area contributed by atoms with Crippen molar-refractivity contribution in [1.82, 2.24) is 0 Å². The van der Waals surface area contributed by atoms with Gasteiger partial charge in [0.05, 0.1) is 72.7 Å². The maximum atomic E-state index is 11.1. The van der Waals surface area contributed by atoms with E-state index in [1.807, 2.05) is 0 Å². The average molecular weight is 430 g/mol. The summed E-state index contributed by atoms with van der Waals surface area (Å²) in [7, 11) is -4.43. The van der Waals surface area contributed by atoms with E-state index in [2.05, 4.69) is 11.1 Å². The smallest absolute Gasteiger partial charge is 0.460 e. The molecular weight excluding hydrogens is 399 g/mol. The van der Waals surface area contributed by atoms with Crippen LogP contribution >= 0.6 is 7.82 Å². The molecule has 0 bridgehead atoms. The molecule has 0 saturated heterocycles. The Labute approximate surface area is 165 Å². The molecule has 0 atom stereocenters. The highest BCUT2D eigenvalue weighted by atomic mass is 31.2. The first-order chi connectivity index (χ1) is 13.3. The maximum absolute atomic E-state index is 11.1. The van der Waals surface area contributed by atoms with E-state index >= 15 is 0 Å². The van der Waals surface area contributed by atoms with E-state index in [1.165, 1.54) is 0 Å². The molecule has 0 aromatic rings. The zero-order valence-corrected chi connectivity index (χ0v) is 17.1. The van der Waals surface area contributed by atoms with Gasteiger partial charge >= 0.3 is 13.8 Å². The molecule has 0 aromatic carbocycles. The van der Waals surface area contributed by atoms with Gasteiger partial charge in [0.2, 0.25) is 0 Å². The van der Waals surface area contributed by atoms with Gasteiger partial charge in [-0.1, -0.05) is 6.58 Å². The van der Waals surface area contributed by atoms with E-state index in [0.29, 0.717) is 65.0 Å². The number of rotatable bonds is 20. The minimum absolute atomic E-state index is 0.0751. The number of esters is 1. The van der Waals surface area contributed by atoms with Gasteiger partial charge in [0.1, 0.15) is 6.61 Å². The van der Waals surface area contributed by atoms with Gasteiger partial charge < -0.3 is 38.2 Å². The summed E-state index contributed by atoms with van der Waals surface area (Å²) in [6, 6.07) is 0. The largest absolute Gasteiger partial charge is 0.469 e. The van der Waals surface area contributed by atoms with Crippen LogP contribution < -0.4 is 0 Å². The lowest BCUT2D eigenvalue weighted by Crippen LogP contribution is -2.15. The summed E-state index contributed by atoms with van der Waals surface area (Å²) in [6.07, 6.45) is 0. The Balaban J connectivity index is 3.11. The van der Waals surface area contributed by atoms with Crippen LogP contribution in [0.1, 0.15) is 6.92 Å². The quantitative estimate of drug-likeness (QED) is 0.119. The van der Waals surface area contributed by atoms with E-state index in [0.717, 1.165) is 0 Å². The van der Waals surface area contributed by atoms with Crippen LogP contribution in [0.4, 0.5) is 0 Å². The molecule has 166 valence electrons. The third-order valence-corrected chi connectivity index (χ3v) is 3.30. The highest BCUT2D eigenvalue weighted by Crippen LogP contribution is 2.35. The average Bonchev–Trinajstić information content (AvgIpc) is 2.62. The maximum Gasteiger partial charge on any atom is 0.469 e. The van der Waals surface area contributed by atoms with Crippen molar-refractivity contribution in [1.29, 1.82) is 0 Å². The molecule has 0 aliphatic heterocycles. The number of ether oxygens (including phenoxy) is 6. The van der Waals surface area contributed by atoms with Crippen molar-refractivity contribution in [3.8, 4) is 0 Å². The van der Waals surface area contributed by atoms with Gasteiger partial charge in [-0.2, -0.15) is 0 Å². The summed E-state index contributed by atoms with van der Waals surface area (Å²) in [5, 5.41) is 0. The van der Waals surface area contributed by atoms with Gasteiger partial charge in [0.25, 0.3) is 0 Å². The van der Waals surface area contributed by atoms with Gasteiger partial charge in [-0.05, 0) is 6.92 Å². The lowest BCUT2D eigenvalue weighted by atomic mass is 10.4. The Morgan fingerprint density at radius 3 is 1.36 bits per heavy atom. The lowest BCUT2D eigenvalue weighted by molar-refractivity contribution is -0.140. The third-order valence-electron chi connectivity index (χ3n) is 2.78. The molecule has 28 heavy (non-hydrogen) atoms. The highest BCUT2D eigenvalue weighted by Gasteiger charge is 2.12. The fraction of sp³-hybridized carbons (Fsp3) is 0.812. The van der Waals surface area contributed by atoms with Gasteiger partial charge in [-0.3, -0.25) is 4.52 Å². The van der Waals surface area contributed by atoms with Crippen molar-refractivity contribution in [2.24, 2.45) is 0 Å². The molecule has 0 unspecified atom stereocenters. The second-order valence-corrected chi connectivity index (χ2v) is 6.54. The number of hydrogen-bond donors (Lipinski definition) is 2. The minimum Gasteiger partial charge on any atom is -0.460 e. The summed E-state index contributed by atoms with van der Waals surface area (Å²) in [4.78, 5) is 28.0. The lowest BCUT2D eigenvalue weighted by Gasteiger charge is -2.08. The molecule has 0 aliphatic carbocycles. The number of phosphoric ester groups is 1. The Kier molecular flexibility index (Phi) is 17.6. The molecular formula is C16H31O11P. The fourth-order valence-corrected chi connectivity index (χ4v) is 1.83. The van der Waals surface area contributed by atoms with Gasteiger partial charge in [0, 0.05) is 5.57 Å². The van der Waals surface area contributed by atoms with Crippen LogP contribution in [0.3, 0.4) is 0 Å². The van der Waals surface area contributed by atoms with Crippen molar-refractivity contribution < 1.29 is 52.1 Å². The first-order valence-electron chi connectivity index (χ1n) is 8.74. The van der Waals surface area contributed by atoms with E-state index in [4.69, 9.17) is 38.2 Å². The third kappa shape index (κ3) is 21.4. The fourth-order valence-electron chi connectivity index (χ4n) is 1.51. The van der Waals surface area contributed by atoms with Crippen LogP contribution in [0.15, 0.2) is 12.2 Å².